The van der Waals surface area contributed by atoms with Gasteiger partial charge in [-0.1, -0.05) is 43.0 Å². The van der Waals surface area contributed by atoms with Gasteiger partial charge in [0.05, 0.1) is 5.88 Å². The molecule has 3 rings (SSSR count). The smallest absolute Gasteiger partial charge is 0.415 e. The molecule has 1 saturated heterocycles. The van der Waals surface area contributed by atoms with E-state index in [9.17, 15) is 13.6 Å². The highest BCUT2D eigenvalue weighted by atomic mass is 32.2. The van der Waals surface area contributed by atoms with Crippen molar-refractivity contribution in [3.63, 3.8) is 0 Å². The molecule has 172 valence electrons. The van der Waals surface area contributed by atoms with Crippen LogP contribution in [0.5, 0.6) is 0 Å². The van der Waals surface area contributed by atoms with Gasteiger partial charge in [-0.05, 0) is 24.8 Å². The number of carbonyl (C=O) groups is 1. The molecule has 32 heavy (non-hydrogen) atoms. The van der Waals surface area contributed by atoms with Crippen LogP contribution in [0.1, 0.15) is 24.8 Å². The Bertz CT molecular complexity index is 924. The summed E-state index contributed by atoms with van der Waals surface area (Å²) in [5.74, 6) is -6.15. The molecule has 9 heteroatoms. The number of ether oxygens (including phenoxy) is 1. The quantitative estimate of drug-likeness (QED) is 0.198. The number of nitrogens with zero attached hydrogens (tertiary/aromatic N) is 2. The molecular formula is C23H24F4N2O2S. The van der Waals surface area contributed by atoms with Crippen LogP contribution in [0.15, 0.2) is 43.0 Å². The van der Waals surface area contributed by atoms with E-state index in [1.54, 1.807) is 0 Å². The Labute approximate surface area is 188 Å². The van der Waals surface area contributed by atoms with E-state index in [2.05, 4.69) is 6.58 Å². The maximum absolute atomic E-state index is 15.1. The molecule has 1 fully saturated rings. The number of hydrogen-bond donors (Lipinski definition) is 0. The predicted molar refractivity (Wildman–Crippen MR) is 119 cm³/mol. The molecule has 0 N–H and O–H groups in total. The van der Waals surface area contributed by atoms with Crippen molar-refractivity contribution in [3.8, 4) is 0 Å². The van der Waals surface area contributed by atoms with E-state index in [1.807, 2.05) is 30.3 Å². The Morgan fingerprint density at radius 2 is 1.66 bits per heavy atom. The van der Waals surface area contributed by atoms with E-state index in [4.69, 9.17) is 4.74 Å². The molecule has 0 spiro atoms. The lowest BCUT2D eigenvalue weighted by atomic mass is 10.1. The molecule has 2 aromatic carbocycles. The number of benzene rings is 2. The van der Waals surface area contributed by atoms with Crippen molar-refractivity contribution >= 4 is 29.2 Å². The van der Waals surface area contributed by atoms with Crippen molar-refractivity contribution in [3.05, 3.63) is 71.8 Å². The number of halogens is 4. The minimum absolute atomic E-state index is 0.223. The Morgan fingerprint density at radius 3 is 2.25 bits per heavy atom. The van der Waals surface area contributed by atoms with Gasteiger partial charge < -0.3 is 9.64 Å². The molecule has 2 aromatic rings. The van der Waals surface area contributed by atoms with Crippen molar-refractivity contribution in [2.24, 2.45) is 0 Å². The van der Waals surface area contributed by atoms with Crippen LogP contribution in [0.4, 0.5) is 33.7 Å². The minimum Gasteiger partial charge on any atom is -0.445 e. The Balaban J connectivity index is 1.93. The molecule has 1 aliphatic heterocycles. The Hall–Kier alpha value is -2.68. The molecular weight excluding hydrogens is 444 g/mol. The second-order valence-electron chi connectivity index (χ2n) is 7.26. The zero-order chi connectivity index (χ0) is 23.1. The summed E-state index contributed by atoms with van der Waals surface area (Å²) in [5, 5.41) is 0. The summed E-state index contributed by atoms with van der Waals surface area (Å²) in [4.78, 5) is 14.4. The summed E-state index contributed by atoms with van der Waals surface area (Å²) in [6.45, 7) is 3.79. The molecule has 0 bridgehead atoms. The van der Waals surface area contributed by atoms with Gasteiger partial charge in [0.15, 0.2) is 23.3 Å². The van der Waals surface area contributed by atoms with Crippen molar-refractivity contribution in [2.75, 3.05) is 35.4 Å². The second kappa shape index (κ2) is 11.3. The Morgan fingerprint density at radius 1 is 1.03 bits per heavy atom. The van der Waals surface area contributed by atoms with E-state index < -0.39 is 40.7 Å². The first kappa shape index (κ1) is 24.0. The SMILES string of the molecule is C=CCOC(=O)N(CSCc1ccccc1)c1c(F)c(F)c(N2CCCCC2)c(F)c1F. The van der Waals surface area contributed by atoms with Gasteiger partial charge in [0, 0.05) is 18.8 Å². The van der Waals surface area contributed by atoms with Gasteiger partial charge in [-0.3, -0.25) is 4.90 Å². The van der Waals surface area contributed by atoms with Gasteiger partial charge in [-0.2, -0.15) is 0 Å². The third-order valence-electron chi connectivity index (χ3n) is 5.04. The van der Waals surface area contributed by atoms with Crippen molar-refractivity contribution in [1.29, 1.82) is 0 Å². The van der Waals surface area contributed by atoms with Crippen LogP contribution in [0.25, 0.3) is 0 Å². The standard InChI is InChI=1S/C23H24F4N2O2S/c1-2-13-31-23(30)29(15-32-14-16-9-5-3-6-10-16)22-19(26)17(24)21(18(25)20(22)27)28-11-7-4-8-12-28/h2-3,5-6,9-10H,1,4,7-8,11-15H2. The lowest BCUT2D eigenvalue weighted by Gasteiger charge is -2.31. The average Bonchev–Trinajstić information content (AvgIpc) is 2.82. The summed E-state index contributed by atoms with van der Waals surface area (Å²) in [6, 6.07) is 9.20. The van der Waals surface area contributed by atoms with Gasteiger partial charge in [-0.15, -0.1) is 11.8 Å². The van der Waals surface area contributed by atoms with Crippen LogP contribution >= 0.6 is 11.8 Å². The topological polar surface area (TPSA) is 32.8 Å². The molecule has 0 atom stereocenters. The summed E-state index contributed by atoms with van der Waals surface area (Å²) < 4.78 is 64.9. The number of thioether (sulfide) groups is 1. The number of rotatable bonds is 8. The van der Waals surface area contributed by atoms with Gasteiger partial charge in [-0.25, -0.2) is 22.4 Å². The maximum Gasteiger partial charge on any atom is 0.415 e. The van der Waals surface area contributed by atoms with Gasteiger partial charge in [0.1, 0.15) is 18.0 Å². The fraction of sp³-hybridized carbons (Fsp3) is 0.348. The minimum atomic E-state index is -1.62. The first-order valence-corrected chi connectivity index (χ1v) is 11.4. The molecule has 0 aliphatic carbocycles. The molecule has 4 nitrogen and oxygen atoms in total. The normalized spacial score (nSPS) is 13.7. The van der Waals surface area contributed by atoms with Crippen LogP contribution < -0.4 is 9.80 Å². The van der Waals surface area contributed by atoms with Crippen LogP contribution in [-0.4, -0.2) is 31.7 Å². The van der Waals surface area contributed by atoms with Crippen molar-refractivity contribution < 1.29 is 27.1 Å². The van der Waals surface area contributed by atoms with Crippen molar-refractivity contribution in [2.45, 2.75) is 25.0 Å². The lowest BCUT2D eigenvalue weighted by molar-refractivity contribution is 0.166. The molecule has 0 unspecified atom stereocenters. The van der Waals surface area contributed by atoms with E-state index in [0.717, 1.165) is 23.7 Å². The summed E-state index contributed by atoms with van der Waals surface area (Å²) in [5.41, 5.74) is -0.925. The first-order chi connectivity index (χ1) is 15.5. The third-order valence-corrected chi connectivity index (χ3v) is 6.01. The monoisotopic (exact) mass is 468 g/mol. The number of hydrogen-bond acceptors (Lipinski definition) is 4. The number of carbonyl (C=O) groups excluding carboxylic acids is 1. The molecule has 0 radical (unpaired) electrons. The predicted octanol–water partition coefficient (Wildman–Crippen LogP) is 6.25. The van der Waals surface area contributed by atoms with E-state index in [0.29, 0.717) is 36.6 Å². The van der Waals surface area contributed by atoms with Crippen LogP contribution in [-0.2, 0) is 10.5 Å². The largest absolute Gasteiger partial charge is 0.445 e. The zero-order valence-corrected chi connectivity index (χ0v) is 18.3. The van der Waals surface area contributed by atoms with Crippen LogP contribution in [0.3, 0.4) is 0 Å². The number of amides is 1. The van der Waals surface area contributed by atoms with Gasteiger partial charge in [0.2, 0.25) is 0 Å². The van der Waals surface area contributed by atoms with Crippen LogP contribution in [0, 0.1) is 23.3 Å². The highest BCUT2D eigenvalue weighted by Gasteiger charge is 2.34. The lowest BCUT2D eigenvalue weighted by Crippen LogP contribution is -2.35. The summed E-state index contributed by atoms with van der Waals surface area (Å²) in [7, 11) is 0. The summed E-state index contributed by atoms with van der Waals surface area (Å²) in [6.07, 6.45) is 2.36. The van der Waals surface area contributed by atoms with E-state index in [-0.39, 0.29) is 12.5 Å². The highest BCUT2D eigenvalue weighted by molar-refractivity contribution is 7.98. The van der Waals surface area contributed by atoms with E-state index in [1.165, 1.54) is 11.0 Å². The highest BCUT2D eigenvalue weighted by Crippen LogP contribution is 2.37. The van der Waals surface area contributed by atoms with Gasteiger partial charge >= 0.3 is 6.09 Å². The first-order valence-electron chi connectivity index (χ1n) is 10.2. The second-order valence-corrected chi connectivity index (χ2v) is 8.21. The molecule has 1 amide bonds. The summed E-state index contributed by atoms with van der Waals surface area (Å²) >= 11 is 1.14. The zero-order valence-electron chi connectivity index (χ0n) is 17.5. The Kier molecular flexibility index (Phi) is 8.44. The van der Waals surface area contributed by atoms with Gasteiger partial charge in [0.25, 0.3) is 0 Å². The fourth-order valence-corrected chi connectivity index (χ4v) is 4.42. The molecule has 1 aliphatic rings. The van der Waals surface area contributed by atoms with Crippen LogP contribution in [0.2, 0.25) is 0 Å². The maximum atomic E-state index is 15.1. The number of anilines is 2. The molecule has 0 aromatic heterocycles. The van der Waals surface area contributed by atoms with E-state index >= 15 is 8.78 Å². The van der Waals surface area contributed by atoms with Crippen molar-refractivity contribution in [1.82, 2.24) is 0 Å². The third kappa shape index (κ3) is 5.38. The molecule has 1 heterocycles. The fourth-order valence-electron chi connectivity index (χ4n) is 3.49. The number of piperidine rings is 1. The average molecular weight is 469 g/mol. The molecule has 0 saturated carbocycles.